The highest BCUT2D eigenvalue weighted by atomic mass is 16.6. The van der Waals surface area contributed by atoms with Crippen molar-refractivity contribution in [2.45, 2.75) is 38.7 Å². The van der Waals surface area contributed by atoms with Gasteiger partial charge < -0.3 is 4.74 Å². The van der Waals surface area contributed by atoms with Crippen molar-refractivity contribution in [1.82, 2.24) is 0 Å². The number of carbonyl (C=O) groups excluding carboxylic acids is 1. The second-order valence-electron chi connectivity index (χ2n) is 3.55. The third-order valence-electron chi connectivity index (χ3n) is 2.73. The molecule has 1 unspecified atom stereocenters. The Balaban J connectivity index is 2.16. The molecule has 0 bridgehead atoms. The lowest BCUT2D eigenvalue weighted by Crippen LogP contribution is -2.33. The molecule has 0 N–H and O–H groups in total. The number of ether oxygens (including phenoxy) is 1. The van der Waals surface area contributed by atoms with Crippen molar-refractivity contribution in [1.29, 1.82) is 0 Å². The summed E-state index contributed by atoms with van der Waals surface area (Å²) < 4.78 is 5.08. The van der Waals surface area contributed by atoms with E-state index in [0.29, 0.717) is 0 Å². The molecule has 1 heterocycles. The Hall–Kier alpha value is -0.530. The van der Waals surface area contributed by atoms with Crippen molar-refractivity contribution in [3.8, 4) is 0 Å². The first-order chi connectivity index (χ1) is 4.73. The lowest BCUT2D eigenvalue weighted by Gasteiger charge is -2.33. The molecule has 0 amide bonds. The minimum Gasteiger partial charge on any atom is -0.462 e. The Morgan fingerprint density at radius 1 is 1.60 bits per heavy atom. The zero-order chi connectivity index (χ0) is 7.19. The summed E-state index contributed by atoms with van der Waals surface area (Å²) in [5.74, 6) is 0.0613. The summed E-state index contributed by atoms with van der Waals surface area (Å²) in [6, 6.07) is 0. The first-order valence-electron chi connectivity index (χ1n) is 3.94. The SMILES string of the molecule is CC1CC2(CCC2)C(=O)O1. The van der Waals surface area contributed by atoms with Crippen LogP contribution in [0.5, 0.6) is 0 Å². The molecule has 0 aromatic carbocycles. The lowest BCUT2D eigenvalue weighted by atomic mass is 9.67. The molecule has 2 aliphatic rings. The van der Waals surface area contributed by atoms with Crippen LogP contribution in [0.15, 0.2) is 0 Å². The molecule has 1 spiro atoms. The Morgan fingerprint density at radius 3 is 2.50 bits per heavy atom. The van der Waals surface area contributed by atoms with Crippen LogP contribution in [0.4, 0.5) is 0 Å². The molecule has 2 nitrogen and oxygen atoms in total. The summed E-state index contributed by atoms with van der Waals surface area (Å²) in [5, 5.41) is 0. The first kappa shape index (κ1) is 6.20. The summed E-state index contributed by atoms with van der Waals surface area (Å²) in [7, 11) is 0. The van der Waals surface area contributed by atoms with Gasteiger partial charge in [-0.05, 0) is 19.8 Å². The smallest absolute Gasteiger partial charge is 0.312 e. The van der Waals surface area contributed by atoms with Gasteiger partial charge in [0.25, 0.3) is 0 Å². The Morgan fingerprint density at radius 2 is 2.30 bits per heavy atom. The van der Waals surface area contributed by atoms with Crippen LogP contribution in [-0.2, 0) is 9.53 Å². The van der Waals surface area contributed by atoms with Crippen LogP contribution < -0.4 is 0 Å². The molecule has 1 saturated carbocycles. The van der Waals surface area contributed by atoms with E-state index in [1.54, 1.807) is 0 Å². The Kier molecular flexibility index (Phi) is 1.08. The quantitative estimate of drug-likeness (QED) is 0.476. The van der Waals surface area contributed by atoms with E-state index in [2.05, 4.69) is 0 Å². The number of hydrogen-bond donors (Lipinski definition) is 0. The van der Waals surface area contributed by atoms with Gasteiger partial charge in [0.15, 0.2) is 0 Å². The highest BCUT2D eigenvalue weighted by Crippen LogP contribution is 2.49. The maximum Gasteiger partial charge on any atom is 0.312 e. The molecular formula is C8H12O2. The predicted molar refractivity (Wildman–Crippen MR) is 36.5 cm³/mol. The molecule has 0 aromatic rings. The molecule has 0 aromatic heterocycles. The van der Waals surface area contributed by atoms with E-state index in [0.717, 1.165) is 19.3 Å². The van der Waals surface area contributed by atoms with Gasteiger partial charge in [-0.15, -0.1) is 0 Å². The van der Waals surface area contributed by atoms with Gasteiger partial charge in [-0.1, -0.05) is 6.42 Å². The normalized spacial score (nSPS) is 35.7. The Labute approximate surface area is 60.6 Å². The highest BCUT2D eigenvalue weighted by Gasteiger charge is 2.51. The monoisotopic (exact) mass is 140 g/mol. The average molecular weight is 140 g/mol. The van der Waals surface area contributed by atoms with Gasteiger partial charge in [-0.2, -0.15) is 0 Å². The second-order valence-corrected chi connectivity index (χ2v) is 3.55. The van der Waals surface area contributed by atoms with Crippen LogP contribution in [0, 0.1) is 5.41 Å². The third-order valence-corrected chi connectivity index (χ3v) is 2.73. The van der Waals surface area contributed by atoms with Crippen molar-refractivity contribution in [2.75, 3.05) is 0 Å². The van der Waals surface area contributed by atoms with Gasteiger partial charge in [-0.3, -0.25) is 4.79 Å². The molecule has 2 fully saturated rings. The largest absolute Gasteiger partial charge is 0.462 e. The van der Waals surface area contributed by atoms with Crippen molar-refractivity contribution in [2.24, 2.45) is 5.41 Å². The summed E-state index contributed by atoms with van der Waals surface area (Å²) in [4.78, 5) is 11.2. The van der Waals surface area contributed by atoms with E-state index in [9.17, 15) is 4.79 Å². The maximum absolute atomic E-state index is 11.2. The van der Waals surface area contributed by atoms with Gasteiger partial charge in [0.2, 0.25) is 0 Å². The van der Waals surface area contributed by atoms with Crippen LogP contribution in [-0.4, -0.2) is 12.1 Å². The molecule has 1 aliphatic carbocycles. The highest BCUT2D eigenvalue weighted by molar-refractivity contribution is 5.79. The fraction of sp³-hybridized carbons (Fsp3) is 0.875. The number of cyclic esters (lactones) is 1. The zero-order valence-electron chi connectivity index (χ0n) is 6.22. The predicted octanol–water partition coefficient (Wildman–Crippen LogP) is 1.49. The number of esters is 1. The van der Waals surface area contributed by atoms with Crippen molar-refractivity contribution in [3.05, 3.63) is 0 Å². The topological polar surface area (TPSA) is 26.3 Å². The van der Waals surface area contributed by atoms with E-state index in [1.165, 1.54) is 6.42 Å². The van der Waals surface area contributed by atoms with E-state index in [-0.39, 0.29) is 17.5 Å². The molecule has 2 heteroatoms. The molecule has 2 rings (SSSR count). The van der Waals surface area contributed by atoms with Gasteiger partial charge in [0.1, 0.15) is 6.10 Å². The summed E-state index contributed by atoms with van der Waals surface area (Å²) in [6.45, 7) is 1.98. The van der Waals surface area contributed by atoms with Crippen molar-refractivity contribution in [3.63, 3.8) is 0 Å². The minimum absolute atomic E-state index is 0.0145. The van der Waals surface area contributed by atoms with Crippen LogP contribution in [0.2, 0.25) is 0 Å². The van der Waals surface area contributed by atoms with E-state index >= 15 is 0 Å². The zero-order valence-corrected chi connectivity index (χ0v) is 6.22. The van der Waals surface area contributed by atoms with Gasteiger partial charge in [0, 0.05) is 6.42 Å². The average Bonchev–Trinajstić information content (AvgIpc) is 2.04. The maximum atomic E-state index is 11.2. The summed E-state index contributed by atoms with van der Waals surface area (Å²) >= 11 is 0. The molecule has 0 radical (unpaired) electrons. The molecule has 1 atom stereocenters. The molecule has 10 heavy (non-hydrogen) atoms. The summed E-state index contributed by atoms with van der Waals surface area (Å²) in [5.41, 5.74) is -0.0145. The number of rotatable bonds is 0. The van der Waals surface area contributed by atoms with Crippen LogP contribution in [0.25, 0.3) is 0 Å². The molecular weight excluding hydrogens is 128 g/mol. The minimum atomic E-state index is -0.0145. The van der Waals surface area contributed by atoms with E-state index in [1.807, 2.05) is 6.92 Å². The molecule has 1 saturated heterocycles. The van der Waals surface area contributed by atoms with E-state index < -0.39 is 0 Å². The fourth-order valence-electron chi connectivity index (χ4n) is 1.99. The second kappa shape index (κ2) is 1.74. The molecule has 1 aliphatic heterocycles. The standard InChI is InChI=1S/C8H12O2/c1-6-5-8(3-2-4-8)7(9)10-6/h6H,2-5H2,1H3. The fourth-order valence-corrected chi connectivity index (χ4v) is 1.99. The Bertz CT molecular complexity index is 170. The lowest BCUT2D eigenvalue weighted by molar-refractivity contribution is -0.151. The van der Waals surface area contributed by atoms with Crippen LogP contribution in [0.1, 0.15) is 32.6 Å². The van der Waals surface area contributed by atoms with Crippen molar-refractivity contribution >= 4 is 5.97 Å². The molecule has 56 valence electrons. The summed E-state index contributed by atoms with van der Waals surface area (Å²) in [6.07, 6.45) is 4.48. The van der Waals surface area contributed by atoms with Gasteiger partial charge in [-0.25, -0.2) is 0 Å². The van der Waals surface area contributed by atoms with E-state index in [4.69, 9.17) is 4.74 Å². The first-order valence-corrected chi connectivity index (χ1v) is 3.94. The van der Waals surface area contributed by atoms with Crippen LogP contribution in [0.3, 0.4) is 0 Å². The van der Waals surface area contributed by atoms with Crippen molar-refractivity contribution < 1.29 is 9.53 Å². The number of carbonyl (C=O) groups is 1. The van der Waals surface area contributed by atoms with Gasteiger partial charge >= 0.3 is 5.97 Å². The van der Waals surface area contributed by atoms with Crippen LogP contribution >= 0.6 is 0 Å². The van der Waals surface area contributed by atoms with Gasteiger partial charge in [0.05, 0.1) is 5.41 Å². The third kappa shape index (κ3) is 0.619. The number of hydrogen-bond acceptors (Lipinski definition) is 2.